The Balaban J connectivity index is 1.55. The third kappa shape index (κ3) is 3.91. The van der Waals surface area contributed by atoms with Gasteiger partial charge in [-0.2, -0.15) is 5.10 Å². The molecule has 1 saturated heterocycles. The van der Waals surface area contributed by atoms with Crippen molar-refractivity contribution in [1.82, 2.24) is 24.6 Å². The minimum Gasteiger partial charge on any atom is -0.336 e. The van der Waals surface area contributed by atoms with Crippen molar-refractivity contribution in [3.63, 3.8) is 0 Å². The maximum Gasteiger partial charge on any atom is 0.254 e. The summed E-state index contributed by atoms with van der Waals surface area (Å²) in [5.41, 5.74) is 3.28. The van der Waals surface area contributed by atoms with Crippen molar-refractivity contribution in [2.24, 2.45) is 7.05 Å². The van der Waals surface area contributed by atoms with Crippen molar-refractivity contribution in [3.8, 4) is 0 Å². The first-order chi connectivity index (χ1) is 13.2. The molecule has 8 nitrogen and oxygen atoms in total. The SMILES string of the molecule is Cc1nn(C)c2nc(C3CC3)cc(C(=O)N3CCN(CCS(C)(=O)=O)CC3)c12. The lowest BCUT2D eigenvalue weighted by Crippen LogP contribution is -2.49. The van der Waals surface area contributed by atoms with Gasteiger partial charge >= 0.3 is 0 Å². The molecule has 0 N–H and O–H groups in total. The average molecular weight is 406 g/mol. The van der Waals surface area contributed by atoms with Gasteiger partial charge < -0.3 is 4.90 Å². The minimum absolute atomic E-state index is 0.0214. The van der Waals surface area contributed by atoms with Crippen LogP contribution in [0.3, 0.4) is 0 Å². The van der Waals surface area contributed by atoms with Gasteiger partial charge in [-0.3, -0.25) is 14.4 Å². The number of carbonyl (C=O) groups excluding carboxylic acids is 1. The molecule has 4 rings (SSSR count). The molecule has 0 atom stereocenters. The molecule has 2 fully saturated rings. The highest BCUT2D eigenvalue weighted by atomic mass is 32.2. The number of hydrogen-bond donors (Lipinski definition) is 0. The smallest absolute Gasteiger partial charge is 0.254 e. The van der Waals surface area contributed by atoms with Gasteiger partial charge in [0.2, 0.25) is 0 Å². The molecule has 2 aliphatic rings. The number of hydrogen-bond acceptors (Lipinski definition) is 6. The molecule has 0 bridgehead atoms. The Morgan fingerprint density at radius 2 is 1.89 bits per heavy atom. The molecule has 0 unspecified atom stereocenters. The monoisotopic (exact) mass is 405 g/mol. The molecule has 3 heterocycles. The summed E-state index contributed by atoms with van der Waals surface area (Å²) < 4.78 is 24.5. The van der Waals surface area contributed by atoms with E-state index in [0.717, 1.165) is 35.3 Å². The molecule has 152 valence electrons. The lowest BCUT2D eigenvalue weighted by molar-refractivity contribution is 0.0645. The molecule has 2 aromatic heterocycles. The summed E-state index contributed by atoms with van der Waals surface area (Å²) >= 11 is 0. The first-order valence-electron chi connectivity index (χ1n) is 9.76. The molecule has 1 amide bonds. The van der Waals surface area contributed by atoms with Crippen LogP contribution in [0.15, 0.2) is 6.07 Å². The van der Waals surface area contributed by atoms with Crippen LogP contribution in [-0.4, -0.2) is 83.6 Å². The summed E-state index contributed by atoms with van der Waals surface area (Å²) in [6.45, 7) is 5.03. The zero-order valence-electron chi connectivity index (χ0n) is 16.7. The summed E-state index contributed by atoms with van der Waals surface area (Å²) in [6, 6.07) is 1.97. The Labute approximate surface area is 165 Å². The molecule has 28 heavy (non-hydrogen) atoms. The number of sulfone groups is 1. The Morgan fingerprint density at radius 3 is 2.50 bits per heavy atom. The Hall–Kier alpha value is -2.00. The summed E-state index contributed by atoms with van der Waals surface area (Å²) in [6.07, 6.45) is 3.51. The maximum atomic E-state index is 13.3. The number of rotatable bonds is 5. The third-order valence-electron chi connectivity index (χ3n) is 5.65. The number of fused-ring (bicyclic) bond motifs is 1. The van der Waals surface area contributed by atoms with Gasteiger partial charge in [0.1, 0.15) is 9.84 Å². The van der Waals surface area contributed by atoms with Crippen LogP contribution in [0.5, 0.6) is 0 Å². The fourth-order valence-corrected chi connectivity index (χ4v) is 4.45. The number of piperazine rings is 1. The Morgan fingerprint density at radius 1 is 1.21 bits per heavy atom. The molecule has 9 heteroatoms. The quantitative estimate of drug-likeness (QED) is 0.736. The first-order valence-corrected chi connectivity index (χ1v) is 11.8. The average Bonchev–Trinajstić information content (AvgIpc) is 3.45. The van der Waals surface area contributed by atoms with Gasteiger partial charge in [0.25, 0.3) is 5.91 Å². The second-order valence-electron chi connectivity index (χ2n) is 8.04. The van der Waals surface area contributed by atoms with E-state index in [0.29, 0.717) is 44.2 Å². The van der Waals surface area contributed by atoms with Crippen LogP contribution in [0.4, 0.5) is 0 Å². The second kappa shape index (κ2) is 7.11. The van der Waals surface area contributed by atoms with Gasteiger partial charge in [0, 0.05) is 57.6 Å². The van der Waals surface area contributed by atoms with Gasteiger partial charge in [-0.1, -0.05) is 0 Å². The van der Waals surface area contributed by atoms with Crippen LogP contribution in [0, 0.1) is 6.92 Å². The van der Waals surface area contributed by atoms with Gasteiger partial charge in [0.15, 0.2) is 5.65 Å². The van der Waals surface area contributed by atoms with E-state index in [2.05, 4.69) is 10.00 Å². The predicted octanol–water partition coefficient (Wildman–Crippen LogP) is 0.957. The van der Waals surface area contributed by atoms with Gasteiger partial charge in [-0.25, -0.2) is 13.4 Å². The summed E-state index contributed by atoms with van der Waals surface area (Å²) in [7, 11) is -1.10. The minimum atomic E-state index is -2.97. The number of aryl methyl sites for hydroxylation is 2. The molecular formula is C19H27N5O3S. The van der Waals surface area contributed by atoms with Crippen LogP contribution in [0.1, 0.15) is 40.5 Å². The van der Waals surface area contributed by atoms with Crippen LogP contribution < -0.4 is 0 Å². The van der Waals surface area contributed by atoms with Crippen molar-refractivity contribution in [3.05, 3.63) is 23.0 Å². The van der Waals surface area contributed by atoms with Crippen LogP contribution in [0.25, 0.3) is 11.0 Å². The standard InChI is InChI=1S/C19H27N5O3S/c1-13-17-15(12-16(14-4-5-14)20-18(17)22(2)21-13)19(25)24-8-6-23(7-9-24)10-11-28(3,26)27/h12,14H,4-11H2,1-3H3. The number of carbonyl (C=O) groups is 1. The van der Waals surface area contributed by atoms with Crippen LogP contribution in [-0.2, 0) is 16.9 Å². The van der Waals surface area contributed by atoms with Crippen LogP contribution in [0.2, 0.25) is 0 Å². The van der Waals surface area contributed by atoms with Crippen molar-refractivity contribution in [1.29, 1.82) is 0 Å². The van der Waals surface area contributed by atoms with Crippen molar-refractivity contribution >= 4 is 26.8 Å². The molecule has 1 aliphatic carbocycles. The second-order valence-corrected chi connectivity index (χ2v) is 10.3. The third-order valence-corrected chi connectivity index (χ3v) is 6.58. The van der Waals surface area contributed by atoms with E-state index >= 15 is 0 Å². The van der Waals surface area contributed by atoms with Gasteiger partial charge in [-0.15, -0.1) is 0 Å². The zero-order chi connectivity index (χ0) is 20.1. The van der Waals surface area contributed by atoms with Crippen molar-refractivity contribution in [2.75, 3.05) is 44.7 Å². The fourth-order valence-electron chi connectivity index (χ4n) is 3.86. The summed E-state index contributed by atoms with van der Waals surface area (Å²) in [5.74, 6) is 0.637. The number of nitrogens with zero attached hydrogens (tertiary/aromatic N) is 5. The molecular weight excluding hydrogens is 378 g/mol. The lowest BCUT2D eigenvalue weighted by Gasteiger charge is -2.34. The number of pyridine rings is 1. The molecule has 1 aliphatic heterocycles. The molecule has 0 spiro atoms. The van der Waals surface area contributed by atoms with Crippen LogP contribution >= 0.6 is 0 Å². The van der Waals surface area contributed by atoms with E-state index in [9.17, 15) is 13.2 Å². The topological polar surface area (TPSA) is 88.4 Å². The molecule has 0 aromatic carbocycles. The number of aromatic nitrogens is 3. The van der Waals surface area contributed by atoms with Crippen molar-refractivity contribution in [2.45, 2.75) is 25.7 Å². The predicted molar refractivity (Wildman–Crippen MR) is 107 cm³/mol. The molecule has 1 saturated carbocycles. The largest absolute Gasteiger partial charge is 0.336 e. The van der Waals surface area contributed by atoms with E-state index in [1.807, 2.05) is 24.9 Å². The van der Waals surface area contributed by atoms with Gasteiger partial charge in [0.05, 0.1) is 22.4 Å². The van der Waals surface area contributed by atoms with E-state index in [1.54, 1.807) is 4.68 Å². The first kappa shape index (κ1) is 19.3. The fraction of sp³-hybridized carbons (Fsp3) is 0.632. The molecule has 2 aromatic rings. The molecule has 0 radical (unpaired) electrons. The highest BCUT2D eigenvalue weighted by molar-refractivity contribution is 7.90. The highest BCUT2D eigenvalue weighted by Gasteiger charge is 2.30. The van der Waals surface area contributed by atoms with E-state index in [-0.39, 0.29) is 11.7 Å². The van der Waals surface area contributed by atoms with E-state index in [1.165, 1.54) is 6.26 Å². The van der Waals surface area contributed by atoms with E-state index in [4.69, 9.17) is 4.98 Å². The Kier molecular flexibility index (Phi) is 4.91. The van der Waals surface area contributed by atoms with Gasteiger partial charge in [-0.05, 0) is 25.8 Å². The van der Waals surface area contributed by atoms with Crippen molar-refractivity contribution < 1.29 is 13.2 Å². The lowest BCUT2D eigenvalue weighted by atomic mass is 10.1. The Bertz CT molecular complexity index is 1020. The summed E-state index contributed by atoms with van der Waals surface area (Å²) in [4.78, 5) is 22.1. The summed E-state index contributed by atoms with van der Waals surface area (Å²) in [5, 5.41) is 5.32. The zero-order valence-corrected chi connectivity index (χ0v) is 17.5. The maximum absolute atomic E-state index is 13.3. The number of amides is 1. The normalized spacial score (nSPS) is 18.8. The highest BCUT2D eigenvalue weighted by Crippen LogP contribution is 2.40. The van der Waals surface area contributed by atoms with E-state index < -0.39 is 9.84 Å².